The summed E-state index contributed by atoms with van der Waals surface area (Å²) in [4.78, 5) is 12.5. The lowest BCUT2D eigenvalue weighted by Gasteiger charge is -2.25. The summed E-state index contributed by atoms with van der Waals surface area (Å²) >= 11 is 0. The number of pyridine rings is 1. The van der Waals surface area contributed by atoms with Crippen LogP contribution in [0.15, 0.2) is 70.4 Å². The van der Waals surface area contributed by atoms with Crippen LogP contribution in [0.2, 0.25) is 0 Å². The second-order valence-corrected chi connectivity index (χ2v) is 7.81. The molecule has 0 aliphatic carbocycles. The number of nitrogens with zero attached hydrogens (tertiary/aromatic N) is 3. The molecule has 1 fully saturated rings. The second-order valence-electron chi connectivity index (χ2n) is 7.81. The van der Waals surface area contributed by atoms with Crippen LogP contribution in [0.5, 0.6) is 0 Å². The van der Waals surface area contributed by atoms with Gasteiger partial charge in [0.15, 0.2) is 0 Å². The van der Waals surface area contributed by atoms with Crippen molar-refractivity contribution in [2.24, 2.45) is 5.16 Å². The lowest BCUT2D eigenvalue weighted by atomic mass is 10.1. The van der Waals surface area contributed by atoms with Crippen molar-refractivity contribution < 1.29 is 14.0 Å². The number of aromatic nitrogens is 1. The number of anilines is 2. The predicted molar refractivity (Wildman–Crippen MR) is 127 cm³/mol. The van der Waals surface area contributed by atoms with Crippen LogP contribution in [0.25, 0.3) is 22.0 Å². The molecule has 5 rings (SSSR count). The quantitative estimate of drug-likeness (QED) is 0.258. The minimum atomic E-state index is 0.576. The van der Waals surface area contributed by atoms with Crippen LogP contribution in [0, 0.1) is 0 Å². The summed E-state index contributed by atoms with van der Waals surface area (Å²) in [5.41, 5.74) is 5.36. The number of para-hydroxylation sites is 1. The van der Waals surface area contributed by atoms with E-state index < -0.39 is 0 Å². The fourth-order valence-electron chi connectivity index (χ4n) is 3.88. The highest BCUT2D eigenvalue weighted by Gasteiger charge is 2.12. The molecule has 7 nitrogen and oxygen atoms in total. The number of oxime groups is 1. The molecule has 0 unspecified atom stereocenters. The van der Waals surface area contributed by atoms with Crippen molar-refractivity contribution in [3.8, 4) is 0 Å². The monoisotopic (exact) mass is 430 g/mol. The van der Waals surface area contributed by atoms with Gasteiger partial charge in [-0.05, 0) is 36.8 Å². The van der Waals surface area contributed by atoms with E-state index in [1.807, 2.05) is 55.5 Å². The molecule has 3 heterocycles. The van der Waals surface area contributed by atoms with Gasteiger partial charge in [-0.1, -0.05) is 35.5 Å². The lowest BCUT2D eigenvalue weighted by Crippen LogP contribution is -2.38. The van der Waals surface area contributed by atoms with E-state index in [4.69, 9.17) is 14.0 Å². The number of fused-ring (bicyclic) bond motifs is 2. The maximum absolute atomic E-state index is 5.55. The minimum Gasteiger partial charge on any atom is -0.446 e. The summed E-state index contributed by atoms with van der Waals surface area (Å²) in [6, 6.07) is 18.2. The van der Waals surface area contributed by atoms with Gasteiger partial charge in [-0.25, -0.2) is 4.98 Å². The molecule has 1 aliphatic rings. The third kappa shape index (κ3) is 4.44. The molecule has 7 heteroatoms. The molecule has 0 spiro atoms. The first kappa shape index (κ1) is 20.5. The number of hydrogen-bond donors (Lipinski definition) is 1. The summed E-state index contributed by atoms with van der Waals surface area (Å²) in [6.07, 6.45) is 1.67. The van der Waals surface area contributed by atoms with Gasteiger partial charge in [0.1, 0.15) is 6.61 Å². The predicted octanol–water partition coefficient (Wildman–Crippen LogP) is 4.80. The van der Waals surface area contributed by atoms with E-state index in [1.165, 1.54) is 0 Å². The van der Waals surface area contributed by atoms with Gasteiger partial charge < -0.3 is 19.3 Å². The average molecular weight is 431 g/mol. The van der Waals surface area contributed by atoms with E-state index in [1.54, 1.807) is 6.26 Å². The molecule has 0 saturated carbocycles. The summed E-state index contributed by atoms with van der Waals surface area (Å²) in [5, 5.41) is 9.84. The van der Waals surface area contributed by atoms with Gasteiger partial charge in [0.25, 0.3) is 0 Å². The molecular formula is C25H26N4O3. The Bertz CT molecular complexity index is 1230. The topological polar surface area (TPSA) is 72.1 Å². The largest absolute Gasteiger partial charge is 0.446 e. The van der Waals surface area contributed by atoms with Gasteiger partial charge in [-0.2, -0.15) is 0 Å². The number of ether oxygens (including phenoxy) is 1. The van der Waals surface area contributed by atoms with Crippen LogP contribution >= 0.6 is 0 Å². The Kier molecular flexibility index (Phi) is 6.00. The molecule has 1 saturated heterocycles. The van der Waals surface area contributed by atoms with Gasteiger partial charge in [0.2, 0.25) is 5.71 Å². The lowest BCUT2D eigenvalue weighted by molar-refractivity contribution is 0.0212. The van der Waals surface area contributed by atoms with Gasteiger partial charge in [0, 0.05) is 30.7 Å². The van der Waals surface area contributed by atoms with Crippen LogP contribution in [0.4, 0.5) is 11.4 Å². The Balaban J connectivity index is 1.27. The standard InChI is InChI=1S/C25H26N4O3/c1-18(28-32-17-13-29-11-15-30-16-12-29)19-6-8-20(9-7-19)26-24-21-4-2-3-5-23(21)27-25-22(24)10-14-31-25/h2-10,14H,11-13,15-17H2,1H3,(H,26,27)/b28-18+. The smallest absolute Gasteiger partial charge is 0.228 e. The summed E-state index contributed by atoms with van der Waals surface area (Å²) in [7, 11) is 0. The normalized spacial score (nSPS) is 15.3. The van der Waals surface area contributed by atoms with Crippen LogP contribution < -0.4 is 5.32 Å². The molecule has 4 aromatic rings. The van der Waals surface area contributed by atoms with Crippen molar-refractivity contribution in [3.05, 3.63) is 66.4 Å². The van der Waals surface area contributed by atoms with Crippen LogP contribution in [-0.2, 0) is 9.57 Å². The third-order valence-corrected chi connectivity index (χ3v) is 5.69. The maximum atomic E-state index is 5.55. The third-order valence-electron chi connectivity index (χ3n) is 5.69. The second kappa shape index (κ2) is 9.38. The number of furan rings is 1. The summed E-state index contributed by atoms with van der Waals surface area (Å²) in [6.45, 7) is 6.91. The zero-order valence-corrected chi connectivity index (χ0v) is 18.1. The first-order valence-electron chi connectivity index (χ1n) is 10.9. The van der Waals surface area contributed by atoms with Crippen molar-refractivity contribution in [2.75, 3.05) is 44.8 Å². The highest BCUT2D eigenvalue weighted by molar-refractivity contribution is 6.07. The zero-order chi connectivity index (χ0) is 21.8. The molecule has 2 aromatic carbocycles. The van der Waals surface area contributed by atoms with E-state index >= 15 is 0 Å². The average Bonchev–Trinajstić information content (AvgIpc) is 3.31. The number of nitrogens with one attached hydrogen (secondary N) is 1. The van der Waals surface area contributed by atoms with Gasteiger partial charge in [0.05, 0.1) is 41.8 Å². The van der Waals surface area contributed by atoms with E-state index in [0.29, 0.717) is 12.3 Å². The van der Waals surface area contributed by atoms with Crippen molar-refractivity contribution in [3.63, 3.8) is 0 Å². The fraction of sp³-hybridized carbons (Fsp3) is 0.280. The maximum Gasteiger partial charge on any atom is 0.228 e. The summed E-state index contributed by atoms with van der Waals surface area (Å²) < 4.78 is 10.9. The highest BCUT2D eigenvalue weighted by Crippen LogP contribution is 2.33. The van der Waals surface area contributed by atoms with Crippen LogP contribution in [0.1, 0.15) is 12.5 Å². The molecule has 1 N–H and O–H groups in total. The molecule has 0 radical (unpaired) electrons. The number of hydrogen-bond acceptors (Lipinski definition) is 7. The van der Waals surface area contributed by atoms with Gasteiger partial charge in [-0.3, -0.25) is 4.90 Å². The molecule has 0 bridgehead atoms. The van der Waals surface area contributed by atoms with E-state index in [-0.39, 0.29) is 0 Å². The van der Waals surface area contributed by atoms with Gasteiger partial charge in [-0.15, -0.1) is 0 Å². The molecule has 0 atom stereocenters. The van der Waals surface area contributed by atoms with Crippen molar-refractivity contribution in [1.82, 2.24) is 9.88 Å². The molecule has 2 aromatic heterocycles. The van der Waals surface area contributed by atoms with Crippen LogP contribution in [-0.4, -0.2) is 55.1 Å². The molecular weight excluding hydrogens is 404 g/mol. The first-order valence-corrected chi connectivity index (χ1v) is 10.9. The molecule has 1 aliphatic heterocycles. The number of rotatable bonds is 7. The fourth-order valence-corrected chi connectivity index (χ4v) is 3.88. The van der Waals surface area contributed by atoms with E-state index in [9.17, 15) is 0 Å². The van der Waals surface area contributed by atoms with E-state index in [0.717, 1.165) is 71.8 Å². The SMILES string of the molecule is C/C(=N\OCCN1CCOCC1)c1ccc(Nc2c3ccccc3nc3occc23)cc1. The summed E-state index contributed by atoms with van der Waals surface area (Å²) in [5.74, 6) is 0. The Labute approximate surface area is 186 Å². The van der Waals surface area contributed by atoms with Gasteiger partial charge >= 0.3 is 0 Å². The molecule has 0 amide bonds. The zero-order valence-electron chi connectivity index (χ0n) is 18.1. The molecule has 164 valence electrons. The van der Waals surface area contributed by atoms with Crippen LogP contribution in [0.3, 0.4) is 0 Å². The van der Waals surface area contributed by atoms with Crippen molar-refractivity contribution >= 4 is 39.1 Å². The minimum absolute atomic E-state index is 0.576. The first-order chi connectivity index (χ1) is 15.8. The Morgan fingerprint density at radius 3 is 2.72 bits per heavy atom. The number of morpholine rings is 1. The van der Waals surface area contributed by atoms with Crippen molar-refractivity contribution in [1.29, 1.82) is 0 Å². The Morgan fingerprint density at radius 2 is 1.88 bits per heavy atom. The van der Waals surface area contributed by atoms with E-state index in [2.05, 4.69) is 26.4 Å². The number of benzene rings is 2. The highest BCUT2D eigenvalue weighted by atomic mass is 16.6. The Hall–Kier alpha value is -3.42. The molecule has 32 heavy (non-hydrogen) atoms. The Morgan fingerprint density at radius 1 is 1.06 bits per heavy atom. The van der Waals surface area contributed by atoms with Crippen molar-refractivity contribution in [2.45, 2.75) is 6.92 Å².